The van der Waals surface area contributed by atoms with Crippen LogP contribution < -0.4 is 15.6 Å². The Morgan fingerprint density at radius 3 is 2.68 bits per heavy atom. The third-order valence-electron chi connectivity index (χ3n) is 5.33. The van der Waals surface area contributed by atoms with Crippen LogP contribution >= 0.6 is 0 Å². The number of nitriles is 1. The lowest BCUT2D eigenvalue weighted by atomic mass is 9.93. The topological polar surface area (TPSA) is 121 Å². The Morgan fingerprint density at radius 2 is 1.94 bits per heavy atom. The third-order valence-corrected chi connectivity index (χ3v) is 5.33. The van der Waals surface area contributed by atoms with Gasteiger partial charge >= 0.3 is 0 Å². The monoisotopic (exact) mass is 420 g/mol. The maximum Gasteiger partial charge on any atom is 0.284 e. The Morgan fingerprint density at radius 1 is 1.16 bits per heavy atom. The van der Waals surface area contributed by atoms with E-state index in [9.17, 15) is 14.8 Å². The summed E-state index contributed by atoms with van der Waals surface area (Å²) in [5.41, 5.74) is 2.75. The van der Waals surface area contributed by atoms with Gasteiger partial charge < -0.3 is 15.7 Å². The molecule has 8 nitrogen and oxygen atoms in total. The van der Waals surface area contributed by atoms with Crippen LogP contribution in [0.25, 0.3) is 11.3 Å². The SMILES string of the molecule is N#Cc1cnc(NCc2c[nH+]cnc2-c2ccc(F)cc2)nc1NC1CCC(O)CC1. The number of hydrogen-bond acceptors (Lipinski definition) is 7. The first-order chi connectivity index (χ1) is 15.1. The van der Waals surface area contributed by atoms with Crippen LogP contribution in [0.15, 0.2) is 43.0 Å². The molecule has 4 rings (SSSR count). The summed E-state index contributed by atoms with van der Waals surface area (Å²) in [5.74, 6) is 0.563. The van der Waals surface area contributed by atoms with Crippen molar-refractivity contribution in [3.63, 3.8) is 0 Å². The van der Waals surface area contributed by atoms with Gasteiger partial charge in [0.15, 0.2) is 5.69 Å². The fourth-order valence-electron chi connectivity index (χ4n) is 3.64. The van der Waals surface area contributed by atoms with Gasteiger partial charge in [-0.15, -0.1) is 0 Å². The van der Waals surface area contributed by atoms with E-state index in [1.807, 2.05) is 6.20 Å². The first-order valence-corrected chi connectivity index (χ1v) is 10.2. The van der Waals surface area contributed by atoms with E-state index in [1.165, 1.54) is 18.3 Å². The molecule has 0 saturated heterocycles. The Labute approximate surface area is 179 Å². The fourth-order valence-corrected chi connectivity index (χ4v) is 3.64. The molecule has 1 aliphatic carbocycles. The zero-order valence-corrected chi connectivity index (χ0v) is 16.8. The highest BCUT2D eigenvalue weighted by atomic mass is 19.1. The summed E-state index contributed by atoms with van der Waals surface area (Å²) in [6, 6.07) is 8.45. The molecule has 2 heterocycles. The first kappa shape index (κ1) is 20.6. The molecule has 3 aromatic rings. The third kappa shape index (κ3) is 5.10. The van der Waals surface area contributed by atoms with Crippen LogP contribution in [-0.2, 0) is 6.54 Å². The van der Waals surface area contributed by atoms with Crippen molar-refractivity contribution >= 4 is 11.8 Å². The van der Waals surface area contributed by atoms with Crippen molar-refractivity contribution in [1.29, 1.82) is 5.26 Å². The summed E-state index contributed by atoms with van der Waals surface area (Å²) >= 11 is 0. The molecule has 9 heteroatoms. The van der Waals surface area contributed by atoms with Gasteiger partial charge in [-0.05, 0) is 54.9 Å². The van der Waals surface area contributed by atoms with Crippen LogP contribution in [-0.4, -0.2) is 32.2 Å². The van der Waals surface area contributed by atoms with E-state index in [1.54, 1.807) is 18.5 Å². The largest absolute Gasteiger partial charge is 0.393 e. The van der Waals surface area contributed by atoms with Crippen molar-refractivity contribution < 1.29 is 14.5 Å². The van der Waals surface area contributed by atoms with Gasteiger partial charge in [-0.2, -0.15) is 10.2 Å². The van der Waals surface area contributed by atoms with Gasteiger partial charge in [0.1, 0.15) is 23.3 Å². The highest BCUT2D eigenvalue weighted by Crippen LogP contribution is 2.24. The molecule has 0 amide bonds. The van der Waals surface area contributed by atoms with E-state index in [-0.39, 0.29) is 18.0 Å². The molecule has 1 aliphatic rings. The fraction of sp³-hybridized carbons (Fsp3) is 0.318. The summed E-state index contributed by atoms with van der Waals surface area (Å²) in [5, 5.41) is 25.6. The van der Waals surface area contributed by atoms with Gasteiger partial charge in [-0.3, -0.25) is 4.98 Å². The van der Waals surface area contributed by atoms with Crippen molar-refractivity contribution in [1.82, 2.24) is 15.0 Å². The Hall–Kier alpha value is -3.64. The molecule has 0 spiro atoms. The number of H-pyrrole nitrogens is 1. The molecular weight excluding hydrogens is 397 g/mol. The zero-order valence-electron chi connectivity index (χ0n) is 16.8. The second-order valence-electron chi connectivity index (χ2n) is 7.52. The van der Waals surface area contributed by atoms with Crippen molar-refractivity contribution in [2.75, 3.05) is 10.6 Å². The van der Waals surface area contributed by atoms with Crippen molar-refractivity contribution in [3.8, 4) is 17.3 Å². The molecule has 1 aromatic carbocycles. The average Bonchev–Trinajstić information content (AvgIpc) is 2.80. The predicted octanol–water partition coefficient (Wildman–Crippen LogP) is 2.69. The number of aliphatic hydroxyl groups excluding tert-OH is 1. The van der Waals surface area contributed by atoms with Crippen LogP contribution in [0.3, 0.4) is 0 Å². The molecule has 0 atom stereocenters. The highest BCUT2D eigenvalue weighted by molar-refractivity contribution is 5.62. The number of anilines is 2. The summed E-state index contributed by atoms with van der Waals surface area (Å²) in [4.78, 5) is 16.1. The highest BCUT2D eigenvalue weighted by Gasteiger charge is 2.21. The van der Waals surface area contributed by atoms with Crippen molar-refractivity contribution in [2.24, 2.45) is 0 Å². The van der Waals surface area contributed by atoms with Crippen LogP contribution in [0.5, 0.6) is 0 Å². The number of halogens is 1. The zero-order chi connectivity index (χ0) is 21.6. The van der Waals surface area contributed by atoms with E-state index in [0.29, 0.717) is 23.9 Å². The van der Waals surface area contributed by atoms with Gasteiger partial charge in [-0.1, -0.05) is 0 Å². The normalized spacial score (nSPS) is 18.2. The lowest BCUT2D eigenvalue weighted by Crippen LogP contribution is -2.29. The van der Waals surface area contributed by atoms with E-state index < -0.39 is 0 Å². The smallest absolute Gasteiger partial charge is 0.284 e. The molecule has 0 aliphatic heterocycles. The number of nitrogens with zero attached hydrogens (tertiary/aromatic N) is 4. The molecule has 158 valence electrons. The quantitative estimate of drug-likeness (QED) is 0.561. The van der Waals surface area contributed by atoms with Crippen molar-refractivity contribution in [3.05, 3.63) is 59.9 Å². The number of rotatable bonds is 6. The average molecular weight is 420 g/mol. The second-order valence-corrected chi connectivity index (χ2v) is 7.52. The Kier molecular flexibility index (Phi) is 6.29. The summed E-state index contributed by atoms with van der Waals surface area (Å²) in [6.45, 7) is 0.387. The van der Waals surface area contributed by atoms with Crippen molar-refractivity contribution in [2.45, 2.75) is 44.4 Å². The summed E-state index contributed by atoms with van der Waals surface area (Å²) in [7, 11) is 0. The van der Waals surface area contributed by atoms with Gasteiger partial charge in [0.05, 0.1) is 30.6 Å². The Balaban J connectivity index is 1.49. The van der Waals surface area contributed by atoms with Gasteiger partial charge in [-0.25, -0.2) is 9.37 Å². The minimum atomic E-state index is -0.301. The molecule has 0 unspecified atom stereocenters. The first-order valence-electron chi connectivity index (χ1n) is 10.2. The number of aromatic nitrogens is 4. The number of benzene rings is 1. The summed E-state index contributed by atoms with van der Waals surface area (Å²) in [6.07, 6.45) is 7.75. The lowest BCUT2D eigenvalue weighted by molar-refractivity contribution is -0.383. The molecule has 1 fully saturated rings. The number of aromatic amines is 1. The van der Waals surface area contributed by atoms with Crippen LogP contribution in [0.4, 0.5) is 16.2 Å². The molecule has 4 N–H and O–H groups in total. The molecule has 0 bridgehead atoms. The predicted molar refractivity (Wildman–Crippen MR) is 112 cm³/mol. The van der Waals surface area contributed by atoms with Gasteiger partial charge in [0.25, 0.3) is 6.33 Å². The number of hydrogen-bond donors (Lipinski definition) is 3. The molecule has 31 heavy (non-hydrogen) atoms. The van der Waals surface area contributed by atoms with E-state index in [0.717, 1.165) is 42.5 Å². The standard InChI is InChI=1S/C22H22FN7O/c23-17-3-1-14(2-4-17)20-16(10-25-13-28-20)12-27-22-26-11-15(9-24)21(30-22)29-18-5-7-19(31)8-6-18/h1-4,10-11,13,18-19,31H,5-8,12H2,(H2,26,27,29,30)/p+1. The van der Waals surface area contributed by atoms with Crippen LogP contribution in [0, 0.1) is 17.1 Å². The molecular formula is C22H23FN7O+. The van der Waals surface area contributed by atoms with Gasteiger partial charge in [0, 0.05) is 11.6 Å². The minimum Gasteiger partial charge on any atom is -0.393 e. The Bertz CT molecular complexity index is 1080. The maximum atomic E-state index is 13.3. The maximum absolute atomic E-state index is 13.3. The van der Waals surface area contributed by atoms with Gasteiger partial charge in [0.2, 0.25) is 5.95 Å². The lowest BCUT2D eigenvalue weighted by Gasteiger charge is -2.26. The molecule has 1 saturated carbocycles. The van der Waals surface area contributed by atoms with E-state index in [2.05, 4.69) is 36.6 Å². The van der Waals surface area contributed by atoms with E-state index >= 15 is 0 Å². The number of nitrogens with one attached hydrogen (secondary N) is 3. The van der Waals surface area contributed by atoms with E-state index in [4.69, 9.17) is 0 Å². The molecule has 2 aromatic heterocycles. The van der Waals surface area contributed by atoms with Crippen LogP contribution in [0.1, 0.15) is 36.8 Å². The number of aliphatic hydroxyl groups is 1. The summed E-state index contributed by atoms with van der Waals surface area (Å²) < 4.78 is 13.3. The minimum absolute atomic E-state index is 0.163. The van der Waals surface area contributed by atoms with Crippen LogP contribution in [0.2, 0.25) is 0 Å². The second kappa shape index (κ2) is 9.45. The molecule has 0 radical (unpaired) electrons.